The van der Waals surface area contributed by atoms with Crippen LogP contribution < -0.4 is 5.32 Å². The second kappa shape index (κ2) is 6.01. The van der Waals surface area contributed by atoms with E-state index in [0.717, 1.165) is 27.7 Å². The quantitative estimate of drug-likeness (QED) is 0.715. The lowest BCUT2D eigenvalue weighted by Gasteiger charge is -2.11. The third-order valence-electron chi connectivity index (χ3n) is 3.71. The number of anilines is 1. The van der Waals surface area contributed by atoms with Crippen LogP contribution in [0.5, 0.6) is 0 Å². The molecule has 1 heterocycles. The van der Waals surface area contributed by atoms with Crippen molar-refractivity contribution < 1.29 is 4.79 Å². The maximum Gasteiger partial charge on any atom is 0.256 e. The van der Waals surface area contributed by atoms with Crippen LogP contribution in [-0.2, 0) is 0 Å². The lowest BCUT2D eigenvalue weighted by atomic mass is 10.0. The highest BCUT2D eigenvalue weighted by Crippen LogP contribution is 2.25. The first-order chi connectivity index (χ1) is 10.9. The molecule has 1 aromatic heterocycles. The van der Waals surface area contributed by atoms with Crippen LogP contribution in [0, 0.1) is 20.8 Å². The highest BCUT2D eigenvalue weighted by molar-refractivity contribution is 6.34. The number of halogens is 1. The first kappa shape index (κ1) is 15.5. The zero-order valence-electron chi connectivity index (χ0n) is 13.3. The smallest absolute Gasteiger partial charge is 0.256 e. The van der Waals surface area contributed by atoms with Crippen LogP contribution >= 0.6 is 11.6 Å². The Morgan fingerprint density at radius 2 is 1.70 bits per heavy atom. The summed E-state index contributed by atoms with van der Waals surface area (Å²) in [6, 6.07) is 13.3. The number of aryl methyl sites for hydroxylation is 3. The van der Waals surface area contributed by atoms with Crippen LogP contribution in [0.15, 0.2) is 42.5 Å². The molecule has 0 aliphatic rings. The topological polar surface area (TPSA) is 42.0 Å². The summed E-state index contributed by atoms with van der Waals surface area (Å²) in [5, 5.41) is 4.27. The van der Waals surface area contributed by atoms with E-state index in [2.05, 4.69) is 10.3 Å². The maximum atomic E-state index is 12.7. The van der Waals surface area contributed by atoms with Gasteiger partial charge in [0.05, 0.1) is 21.8 Å². The minimum absolute atomic E-state index is 0.183. The van der Waals surface area contributed by atoms with Gasteiger partial charge in [-0.3, -0.25) is 9.78 Å². The number of amides is 1. The van der Waals surface area contributed by atoms with Gasteiger partial charge in [-0.1, -0.05) is 29.3 Å². The molecule has 4 heteroatoms. The highest BCUT2D eigenvalue weighted by Gasteiger charge is 2.14. The van der Waals surface area contributed by atoms with Crippen molar-refractivity contribution >= 4 is 34.1 Å². The lowest BCUT2D eigenvalue weighted by molar-refractivity contribution is 0.102. The zero-order chi connectivity index (χ0) is 16.6. The zero-order valence-corrected chi connectivity index (χ0v) is 14.0. The van der Waals surface area contributed by atoms with E-state index in [1.54, 1.807) is 6.07 Å². The molecule has 1 N–H and O–H groups in total. The summed E-state index contributed by atoms with van der Waals surface area (Å²) in [5.74, 6) is -0.183. The molecular formula is C19H17ClN2O. The maximum absolute atomic E-state index is 12.7. The summed E-state index contributed by atoms with van der Waals surface area (Å²) >= 11 is 6.21. The number of pyridine rings is 1. The van der Waals surface area contributed by atoms with Gasteiger partial charge in [-0.2, -0.15) is 0 Å². The monoisotopic (exact) mass is 324 g/mol. The minimum Gasteiger partial charge on any atom is -0.321 e. The molecule has 0 bridgehead atoms. The number of hydrogen-bond acceptors (Lipinski definition) is 2. The fourth-order valence-corrected chi connectivity index (χ4v) is 2.85. The molecule has 0 spiro atoms. The molecule has 0 saturated heterocycles. The van der Waals surface area contributed by atoms with Crippen LogP contribution in [-0.4, -0.2) is 10.9 Å². The minimum atomic E-state index is -0.183. The molecule has 1 amide bonds. The summed E-state index contributed by atoms with van der Waals surface area (Å²) in [6.45, 7) is 5.84. The second-order valence-corrected chi connectivity index (χ2v) is 6.18. The van der Waals surface area contributed by atoms with Crippen molar-refractivity contribution in [3.8, 4) is 0 Å². The Morgan fingerprint density at radius 1 is 1.00 bits per heavy atom. The van der Waals surface area contributed by atoms with Gasteiger partial charge in [-0.15, -0.1) is 0 Å². The van der Waals surface area contributed by atoms with Gasteiger partial charge in [-0.05, 0) is 56.7 Å². The van der Waals surface area contributed by atoms with E-state index >= 15 is 0 Å². The van der Waals surface area contributed by atoms with Crippen LogP contribution in [0.2, 0.25) is 5.02 Å². The van der Waals surface area contributed by atoms with Crippen LogP contribution in [0.4, 0.5) is 5.69 Å². The van der Waals surface area contributed by atoms with Crippen LogP contribution in [0.1, 0.15) is 27.2 Å². The van der Waals surface area contributed by atoms with Crippen LogP contribution in [0.3, 0.4) is 0 Å². The molecule has 0 fully saturated rings. The molecule has 0 radical (unpaired) electrons. The third-order valence-corrected chi connectivity index (χ3v) is 4.02. The first-order valence-electron chi connectivity index (χ1n) is 7.39. The summed E-state index contributed by atoms with van der Waals surface area (Å²) in [5.41, 5.74) is 4.97. The average Bonchev–Trinajstić information content (AvgIpc) is 2.49. The van der Waals surface area contributed by atoms with Crippen molar-refractivity contribution in [2.75, 3.05) is 5.32 Å². The molecule has 0 aliphatic carbocycles. The van der Waals surface area contributed by atoms with E-state index in [-0.39, 0.29) is 5.91 Å². The number of hydrogen-bond donors (Lipinski definition) is 1. The van der Waals surface area contributed by atoms with E-state index < -0.39 is 0 Å². The second-order valence-electron chi connectivity index (χ2n) is 5.77. The molecule has 0 unspecified atom stereocenters. The van der Waals surface area contributed by atoms with E-state index in [9.17, 15) is 4.79 Å². The average molecular weight is 325 g/mol. The summed E-state index contributed by atoms with van der Waals surface area (Å²) in [6.07, 6.45) is 0. The van der Waals surface area contributed by atoms with Crippen molar-refractivity contribution in [2.24, 2.45) is 0 Å². The van der Waals surface area contributed by atoms with Crippen molar-refractivity contribution in [1.82, 2.24) is 4.98 Å². The molecule has 23 heavy (non-hydrogen) atoms. The van der Waals surface area contributed by atoms with Crippen molar-refractivity contribution in [3.63, 3.8) is 0 Å². The fraction of sp³-hybridized carbons (Fsp3) is 0.158. The Balaban J connectivity index is 2.05. The Morgan fingerprint density at radius 3 is 2.43 bits per heavy atom. The number of benzene rings is 2. The lowest BCUT2D eigenvalue weighted by Crippen LogP contribution is -2.13. The molecule has 3 aromatic rings. The number of nitrogens with zero attached hydrogens (tertiary/aromatic N) is 1. The van der Waals surface area contributed by atoms with E-state index in [1.165, 1.54) is 0 Å². The molecule has 3 rings (SSSR count). The SMILES string of the molecule is Cc1ccc(NC(=O)c2cc(C)nc3ccc(C)cc23)c(Cl)c1. The molecule has 0 aliphatic heterocycles. The van der Waals surface area contributed by atoms with E-state index in [4.69, 9.17) is 11.6 Å². The van der Waals surface area contributed by atoms with Crippen LogP contribution in [0.25, 0.3) is 10.9 Å². The van der Waals surface area contributed by atoms with Gasteiger partial charge < -0.3 is 5.32 Å². The van der Waals surface area contributed by atoms with Crippen molar-refractivity contribution in [1.29, 1.82) is 0 Å². The van der Waals surface area contributed by atoms with E-state index in [1.807, 2.05) is 57.2 Å². The van der Waals surface area contributed by atoms with Gasteiger partial charge in [0.1, 0.15) is 0 Å². The molecule has 116 valence electrons. The normalized spacial score (nSPS) is 10.8. The Labute approximate surface area is 140 Å². The Hall–Kier alpha value is -2.39. The van der Waals surface area contributed by atoms with E-state index in [0.29, 0.717) is 16.3 Å². The standard InChI is InChI=1S/C19H17ClN2O/c1-11-4-6-17-14(8-11)15(10-13(3)21-17)19(23)22-18-7-5-12(2)9-16(18)20/h4-10H,1-3H3,(H,22,23). The summed E-state index contributed by atoms with van der Waals surface area (Å²) in [4.78, 5) is 17.2. The largest absolute Gasteiger partial charge is 0.321 e. The Bertz CT molecular complexity index is 919. The summed E-state index contributed by atoms with van der Waals surface area (Å²) in [7, 11) is 0. The number of carbonyl (C=O) groups is 1. The van der Waals surface area contributed by atoms with Gasteiger partial charge in [0.2, 0.25) is 0 Å². The van der Waals surface area contributed by atoms with Gasteiger partial charge in [-0.25, -0.2) is 0 Å². The molecule has 0 saturated carbocycles. The van der Waals surface area contributed by atoms with Crippen molar-refractivity contribution in [3.05, 3.63) is 69.9 Å². The predicted octanol–water partition coefficient (Wildman–Crippen LogP) is 5.07. The fourth-order valence-electron chi connectivity index (χ4n) is 2.57. The van der Waals surface area contributed by atoms with Gasteiger partial charge in [0.25, 0.3) is 5.91 Å². The van der Waals surface area contributed by atoms with Gasteiger partial charge >= 0.3 is 0 Å². The summed E-state index contributed by atoms with van der Waals surface area (Å²) < 4.78 is 0. The molecular weight excluding hydrogens is 308 g/mol. The highest BCUT2D eigenvalue weighted by atomic mass is 35.5. The van der Waals surface area contributed by atoms with Gasteiger partial charge in [0.15, 0.2) is 0 Å². The number of fused-ring (bicyclic) bond motifs is 1. The van der Waals surface area contributed by atoms with Crippen molar-refractivity contribution in [2.45, 2.75) is 20.8 Å². The number of rotatable bonds is 2. The Kier molecular flexibility index (Phi) is 4.05. The predicted molar refractivity (Wildman–Crippen MR) is 95.4 cm³/mol. The van der Waals surface area contributed by atoms with Gasteiger partial charge in [0, 0.05) is 11.1 Å². The molecule has 0 atom stereocenters. The number of carbonyl (C=O) groups excluding carboxylic acids is 1. The molecule has 2 aromatic carbocycles. The first-order valence-corrected chi connectivity index (χ1v) is 7.77. The third kappa shape index (κ3) is 3.20. The number of aromatic nitrogens is 1. The molecule has 3 nitrogen and oxygen atoms in total. The number of nitrogens with one attached hydrogen (secondary N) is 1.